The van der Waals surface area contributed by atoms with Crippen molar-refractivity contribution in [2.45, 2.75) is 0 Å². The van der Waals surface area contributed by atoms with Gasteiger partial charge >= 0.3 is 0 Å². The number of alkyl halides is 1. The second-order valence-corrected chi connectivity index (χ2v) is 3.96. The second-order valence-electron chi connectivity index (χ2n) is 3.17. The van der Waals surface area contributed by atoms with Crippen molar-refractivity contribution in [2.24, 2.45) is 0 Å². The average Bonchev–Trinajstić information content (AvgIpc) is 2.29. The molecule has 2 aromatic rings. The van der Waals surface area contributed by atoms with Crippen molar-refractivity contribution >= 4 is 26.7 Å². The van der Waals surface area contributed by atoms with Crippen LogP contribution in [-0.4, -0.2) is 17.0 Å². The van der Waals surface area contributed by atoms with Crippen LogP contribution in [0.25, 0.3) is 10.8 Å². The largest absolute Gasteiger partial charge is 0.504 e. The van der Waals surface area contributed by atoms with E-state index in [2.05, 4.69) is 15.9 Å². The van der Waals surface area contributed by atoms with E-state index in [1.807, 2.05) is 30.3 Å². The van der Waals surface area contributed by atoms with Crippen molar-refractivity contribution in [1.29, 1.82) is 0 Å². The first-order valence-electron chi connectivity index (χ1n) is 4.72. The summed E-state index contributed by atoms with van der Waals surface area (Å²) >= 11 is 3.27. The van der Waals surface area contributed by atoms with Gasteiger partial charge in [-0.15, -0.1) is 0 Å². The molecule has 0 spiro atoms. The highest BCUT2D eigenvalue weighted by molar-refractivity contribution is 9.09. The summed E-state index contributed by atoms with van der Waals surface area (Å²) in [5.41, 5.74) is 0. The summed E-state index contributed by atoms with van der Waals surface area (Å²) in [6.45, 7) is 0.548. The zero-order valence-corrected chi connectivity index (χ0v) is 9.70. The number of hydrogen-bond acceptors (Lipinski definition) is 2. The van der Waals surface area contributed by atoms with Gasteiger partial charge in [-0.3, -0.25) is 0 Å². The van der Waals surface area contributed by atoms with Crippen molar-refractivity contribution < 1.29 is 9.84 Å². The fourth-order valence-electron chi connectivity index (χ4n) is 1.50. The zero-order valence-electron chi connectivity index (χ0n) is 8.11. The third kappa shape index (κ3) is 2.07. The summed E-state index contributed by atoms with van der Waals surface area (Å²) in [5.74, 6) is 0.752. The smallest absolute Gasteiger partial charge is 0.165 e. The molecule has 0 aliphatic carbocycles. The Morgan fingerprint density at radius 3 is 2.73 bits per heavy atom. The molecule has 0 heterocycles. The molecule has 3 heteroatoms. The highest BCUT2D eigenvalue weighted by Crippen LogP contribution is 2.34. The molecule has 0 saturated heterocycles. The van der Waals surface area contributed by atoms with E-state index in [4.69, 9.17) is 4.74 Å². The summed E-state index contributed by atoms with van der Waals surface area (Å²) in [5, 5.41) is 12.5. The molecule has 15 heavy (non-hydrogen) atoms. The number of phenols is 1. The minimum Gasteiger partial charge on any atom is -0.504 e. The van der Waals surface area contributed by atoms with Crippen molar-refractivity contribution in [1.82, 2.24) is 0 Å². The van der Waals surface area contributed by atoms with Crippen LogP contribution in [0.4, 0.5) is 0 Å². The molecule has 0 aliphatic heterocycles. The number of hydrogen-bond donors (Lipinski definition) is 1. The first-order chi connectivity index (χ1) is 7.33. The molecule has 78 valence electrons. The number of phenolic OH excluding ortho intramolecular Hbond substituents is 1. The maximum Gasteiger partial charge on any atom is 0.165 e. The summed E-state index contributed by atoms with van der Waals surface area (Å²) < 4.78 is 5.40. The molecule has 0 bridgehead atoms. The fraction of sp³-hybridized carbons (Fsp3) is 0.167. The normalized spacial score (nSPS) is 10.5. The first kappa shape index (κ1) is 10.3. The van der Waals surface area contributed by atoms with E-state index in [1.165, 1.54) is 0 Å². The minimum absolute atomic E-state index is 0.217. The number of ether oxygens (including phenoxy) is 1. The van der Waals surface area contributed by atoms with E-state index >= 15 is 0 Å². The third-order valence-electron chi connectivity index (χ3n) is 2.20. The van der Waals surface area contributed by atoms with Gasteiger partial charge < -0.3 is 9.84 Å². The lowest BCUT2D eigenvalue weighted by molar-refractivity contribution is 0.324. The van der Waals surface area contributed by atoms with Crippen molar-refractivity contribution in [3.8, 4) is 11.5 Å². The van der Waals surface area contributed by atoms with E-state index in [0.29, 0.717) is 12.4 Å². The van der Waals surface area contributed by atoms with Crippen LogP contribution < -0.4 is 4.74 Å². The van der Waals surface area contributed by atoms with Crippen LogP contribution in [-0.2, 0) is 0 Å². The Morgan fingerprint density at radius 1 is 1.13 bits per heavy atom. The van der Waals surface area contributed by atoms with E-state index in [0.717, 1.165) is 16.1 Å². The Hall–Kier alpha value is -1.22. The van der Waals surface area contributed by atoms with Gasteiger partial charge in [0.15, 0.2) is 11.5 Å². The van der Waals surface area contributed by atoms with Gasteiger partial charge in [0, 0.05) is 10.7 Å². The molecule has 1 N–H and O–H groups in total. The Balaban J connectivity index is 2.45. The number of halogens is 1. The molecular weight excluding hydrogens is 256 g/mol. The lowest BCUT2D eigenvalue weighted by Crippen LogP contribution is -1.97. The third-order valence-corrected chi connectivity index (χ3v) is 2.52. The molecule has 0 unspecified atom stereocenters. The molecule has 0 aliphatic rings. The first-order valence-corrected chi connectivity index (χ1v) is 5.84. The van der Waals surface area contributed by atoms with Crippen molar-refractivity contribution in [3.63, 3.8) is 0 Å². The summed E-state index contributed by atoms with van der Waals surface area (Å²) in [6.07, 6.45) is 0. The fourth-order valence-corrected chi connectivity index (χ4v) is 1.66. The van der Waals surface area contributed by atoms with Gasteiger partial charge in [-0.05, 0) is 11.5 Å². The van der Waals surface area contributed by atoms with Crippen molar-refractivity contribution in [3.05, 3.63) is 36.4 Å². The predicted octanol–water partition coefficient (Wildman–Crippen LogP) is 3.32. The summed E-state index contributed by atoms with van der Waals surface area (Å²) in [6, 6.07) is 11.4. The van der Waals surface area contributed by atoms with Gasteiger partial charge in [-0.25, -0.2) is 0 Å². The molecule has 0 fully saturated rings. The quantitative estimate of drug-likeness (QED) is 0.864. The van der Waals surface area contributed by atoms with Gasteiger partial charge in [0.2, 0.25) is 0 Å². The van der Waals surface area contributed by atoms with Gasteiger partial charge in [-0.2, -0.15) is 0 Å². The van der Waals surface area contributed by atoms with Crippen LogP contribution >= 0.6 is 15.9 Å². The Morgan fingerprint density at radius 2 is 1.93 bits per heavy atom. The summed E-state index contributed by atoms with van der Waals surface area (Å²) in [7, 11) is 0. The molecular formula is C12H11BrO2. The van der Waals surface area contributed by atoms with Crippen LogP contribution in [0.3, 0.4) is 0 Å². The summed E-state index contributed by atoms with van der Waals surface area (Å²) in [4.78, 5) is 0. The van der Waals surface area contributed by atoms with E-state index in [-0.39, 0.29) is 5.75 Å². The monoisotopic (exact) mass is 266 g/mol. The molecule has 2 nitrogen and oxygen atoms in total. The minimum atomic E-state index is 0.217. The lowest BCUT2D eigenvalue weighted by Gasteiger charge is -2.08. The molecule has 0 saturated carbocycles. The molecule has 0 amide bonds. The average molecular weight is 267 g/mol. The van der Waals surface area contributed by atoms with Gasteiger partial charge in [0.25, 0.3) is 0 Å². The highest BCUT2D eigenvalue weighted by atomic mass is 79.9. The van der Waals surface area contributed by atoms with Crippen LogP contribution in [0, 0.1) is 0 Å². The Labute approximate surface area is 96.6 Å². The van der Waals surface area contributed by atoms with Gasteiger partial charge in [-0.1, -0.05) is 46.3 Å². The molecule has 0 atom stereocenters. The van der Waals surface area contributed by atoms with Crippen LogP contribution in [0.15, 0.2) is 36.4 Å². The van der Waals surface area contributed by atoms with Gasteiger partial charge in [0.1, 0.15) is 0 Å². The topological polar surface area (TPSA) is 29.5 Å². The standard InChI is InChI=1S/C12H11BrO2/c13-7-8-15-11-6-5-9-3-1-2-4-10(9)12(11)14/h1-6,14H,7-8H2. The Kier molecular flexibility index (Phi) is 3.11. The van der Waals surface area contributed by atoms with Crippen molar-refractivity contribution in [2.75, 3.05) is 11.9 Å². The highest BCUT2D eigenvalue weighted by Gasteiger charge is 2.06. The maximum atomic E-state index is 9.94. The van der Waals surface area contributed by atoms with Crippen LogP contribution in [0.5, 0.6) is 11.5 Å². The van der Waals surface area contributed by atoms with E-state index < -0.39 is 0 Å². The molecule has 0 aromatic heterocycles. The molecule has 2 rings (SSSR count). The molecule has 0 radical (unpaired) electrons. The molecule has 2 aromatic carbocycles. The SMILES string of the molecule is Oc1c(OCCBr)ccc2ccccc12. The van der Waals surface area contributed by atoms with E-state index in [1.54, 1.807) is 6.07 Å². The zero-order chi connectivity index (χ0) is 10.7. The van der Waals surface area contributed by atoms with Crippen LogP contribution in [0.1, 0.15) is 0 Å². The van der Waals surface area contributed by atoms with Crippen LogP contribution in [0.2, 0.25) is 0 Å². The number of aromatic hydroxyl groups is 1. The number of fused-ring (bicyclic) bond motifs is 1. The Bertz CT molecular complexity index is 468. The maximum absolute atomic E-state index is 9.94. The predicted molar refractivity (Wildman–Crippen MR) is 64.9 cm³/mol. The van der Waals surface area contributed by atoms with Gasteiger partial charge in [0.05, 0.1) is 6.61 Å². The lowest BCUT2D eigenvalue weighted by atomic mass is 10.1. The second kappa shape index (κ2) is 4.53. The van der Waals surface area contributed by atoms with E-state index in [9.17, 15) is 5.11 Å². The number of benzene rings is 2. The number of rotatable bonds is 3.